The average molecular weight is 226 g/mol. The van der Waals surface area contributed by atoms with Crippen LogP contribution in [0.5, 0.6) is 0 Å². The van der Waals surface area contributed by atoms with Crippen LogP contribution in [0.2, 0.25) is 0 Å². The van der Waals surface area contributed by atoms with E-state index in [9.17, 15) is 4.79 Å². The molecule has 1 heterocycles. The molecule has 92 valence electrons. The van der Waals surface area contributed by atoms with Crippen LogP contribution in [0.4, 0.5) is 0 Å². The molecule has 2 aliphatic rings. The maximum atomic E-state index is 11.6. The van der Waals surface area contributed by atoms with Crippen LogP contribution in [0.25, 0.3) is 0 Å². The number of piperazine rings is 1. The number of hydrogen-bond acceptors (Lipinski definition) is 3. The van der Waals surface area contributed by atoms with E-state index in [0.717, 1.165) is 32.8 Å². The van der Waals surface area contributed by atoms with Crippen LogP contribution in [0.1, 0.15) is 19.8 Å². The van der Waals surface area contributed by atoms with Gasteiger partial charge in [-0.25, -0.2) is 0 Å². The quantitative estimate of drug-likeness (QED) is 0.687. The molecule has 16 heavy (non-hydrogen) atoms. The lowest BCUT2D eigenvalue weighted by molar-refractivity contribution is -0.134. The van der Waals surface area contributed by atoms with Gasteiger partial charge in [0.2, 0.25) is 5.91 Å². The van der Waals surface area contributed by atoms with Gasteiger partial charge in [-0.3, -0.25) is 9.69 Å². The second-order valence-electron chi connectivity index (χ2n) is 5.16. The third kappa shape index (κ3) is 2.74. The van der Waals surface area contributed by atoms with Gasteiger partial charge in [-0.15, -0.1) is 0 Å². The molecule has 1 saturated carbocycles. The van der Waals surface area contributed by atoms with Crippen LogP contribution < -0.4 is 0 Å². The topological polar surface area (TPSA) is 32.8 Å². The summed E-state index contributed by atoms with van der Waals surface area (Å²) in [6.07, 6.45) is 2.51. The zero-order valence-electron chi connectivity index (χ0n) is 10.4. The minimum atomic E-state index is 0.249. The van der Waals surface area contributed by atoms with Crippen LogP contribution in [0, 0.1) is 5.41 Å². The third-order valence-corrected chi connectivity index (χ3v) is 3.66. The van der Waals surface area contributed by atoms with Crippen molar-refractivity contribution in [1.29, 1.82) is 0 Å². The number of carbonyl (C=O) groups is 1. The van der Waals surface area contributed by atoms with E-state index >= 15 is 0 Å². The largest absolute Gasteiger partial charge is 0.381 e. The molecular weight excluding hydrogens is 204 g/mol. The Balaban J connectivity index is 1.79. The van der Waals surface area contributed by atoms with E-state index in [0.29, 0.717) is 12.0 Å². The molecule has 2 rings (SSSR count). The monoisotopic (exact) mass is 226 g/mol. The summed E-state index contributed by atoms with van der Waals surface area (Å²) in [5.41, 5.74) is 0.367. The van der Waals surface area contributed by atoms with E-state index in [1.54, 1.807) is 0 Å². The predicted octanol–water partition coefficient (Wildman–Crippen LogP) is 0.577. The SMILES string of the molecule is CCOCC1(CN2CCN(C)C(=O)C2)CC1. The number of hydrogen-bond donors (Lipinski definition) is 0. The zero-order chi connectivity index (χ0) is 11.6. The van der Waals surface area contributed by atoms with Gasteiger partial charge in [-0.2, -0.15) is 0 Å². The number of amides is 1. The Bertz CT molecular complexity index is 264. The molecule has 0 N–H and O–H groups in total. The van der Waals surface area contributed by atoms with Crippen molar-refractivity contribution in [1.82, 2.24) is 9.80 Å². The number of likely N-dealkylation sites (N-methyl/N-ethyl adjacent to an activating group) is 1. The number of nitrogens with zero attached hydrogens (tertiary/aromatic N) is 2. The Morgan fingerprint density at radius 1 is 1.38 bits per heavy atom. The highest BCUT2D eigenvalue weighted by molar-refractivity contribution is 5.78. The minimum Gasteiger partial charge on any atom is -0.381 e. The van der Waals surface area contributed by atoms with Crippen molar-refractivity contribution in [3.63, 3.8) is 0 Å². The Hall–Kier alpha value is -0.610. The summed E-state index contributed by atoms with van der Waals surface area (Å²) >= 11 is 0. The van der Waals surface area contributed by atoms with Crippen molar-refractivity contribution >= 4 is 5.91 Å². The molecule has 0 bridgehead atoms. The number of ether oxygens (including phenoxy) is 1. The molecule has 4 nitrogen and oxygen atoms in total. The molecular formula is C12H22N2O2. The molecule has 0 aromatic carbocycles. The van der Waals surface area contributed by atoms with Gasteiger partial charge in [-0.05, 0) is 19.8 Å². The molecule has 0 aromatic rings. The summed E-state index contributed by atoms with van der Waals surface area (Å²) in [5, 5.41) is 0. The molecule has 2 fully saturated rings. The van der Waals surface area contributed by atoms with Gasteiger partial charge in [-0.1, -0.05) is 0 Å². The van der Waals surface area contributed by atoms with Crippen LogP contribution in [-0.4, -0.2) is 62.1 Å². The highest BCUT2D eigenvalue weighted by Crippen LogP contribution is 2.46. The number of carbonyl (C=O) groups excluding carboxylic acids is 1. The zero-order valence-corrected chi connectivity index (χ0v) is 10.4. The predicted molar refractivity (Wildman–Crippen MR) is 62.2 cm³/mol. The summed E-state index contributed by atoms with van der Waals surface area (Å²) in [7, 11) is 1.88. The average Bonchev–Trinajstić information content (AvgIpc) is 3.01. The standard InChI is InChI=1S/C12H22N2O2/c1-3-16-10-12(4-5-12)9-14-7-6-13(2)11(15)8-14/h3-10H2,1-2H3. The first-order chi connectivity index (χ1) is 7.65. The van der Waals surface area contributed by atoms with Crippen LogP contribution >= 0.6 is 0 Å². The molecule has 1 aliphatic carbocycles. The molecule has 0 radical (unpaired) electrons. The van der Waals surface area contributed by atoms with E-state index in [2.05, 4.69) is 4.90 Å². The molecule has 0 spiro atoms. The second kappa shape index (κ2) is 4.72. The molecule has 1 saturated heterocycles. The van der Waals surface area contributed by atoms with Crippen molar-refractivity contribution in [3.8, 4) is 0 Å². The van der Waals surface area contributed by atoms with Gasteiger partial charge in [0.1, 0.15) is 0 Å². The molecule has 4 heteroatoms. The molecule has 0 aromatic heterocycles. The van der Waals surface area contributed by atoms with Gasteiger partial charge in [0.05, 0.1) is 13.2 Å². The molecule has 0 unspecified atom stereocenters. The minimum absolute atomic E-state index is 0.249. The fourth-order valence-electron chi connectivity index (χ4n) is 2.26. The van der Waals surface area contributed by atoms with E-state index in [1.807, 2.05) is 18.9 Å². The Morgan fingerprint density at radius 3 is 2.69 bits per heavy atom. The summed E-state index contributed by atoms with van der Waals surface area (Å²) in [4.78, 5) is 15.7. The normalized spacial score (nSPS) is 24.9. The first kappa shape index (κ1) is 11.9. The van der Waals surface area contributed by atoms with Gasteiger partial charge in [0, 0.05) is 38.7 Å². The van der Waals surface area contributed by atoms with Crippen LogP contribution in [0.3, 0.4) is 0 Å². The highest BCUT2D eigenvalue weighted by Gasteiger charge is 2.44. The summed E-state index contributed by atoms with van der Waals surface area (Å²) in [6, 6.07) is 0. The highest BCUT2D eigenvalue weighted by atomic mass is 16.5. The molecule has 1 amide bonds. The fourth-order valence-corrected chi connectivity index (χ4v) is 2.26. The smallest absolute Gasteiger partial charge is 0.236 e. The van der Waals surface area contributed by atoms with Crippen molar-refractivity contribution in [2.45, 2.75) is 19.8 Å². The van der Waals surface area contributed by atoms with E-state index in [4.69, 9.17) is 4.74 Å². The van der Waals surface area contributed by atoms with Crippen LogP contribution in [-0.2, 0) is 9.53 Å². The van der Waals surface area contributed by atoms with Crippen molar-refractivity contribution in [2.24, 2.45) is 5.41 Å². The summed E-state index contributed by atoms with van der Waals surface area (Å²) < 4.78 is 5.53. The van der Waals surface area contributed by atoms with Gasteiger partial charge < -0.3 is 9.64 Å². The third-order valence-electron chi connectivity index (χ3n) is 3.66. The first-order valence-electron chi connectivity index (χ1n) is 6.19. The first-order valence-corrected chi connectivity index (χ1v) is 6.19. The fraction of sp³-hybridized carbons (Fsp3) is 0.917. The van der Waals surface area contributed by atoms with E-state index in [-0.39, 0.29) is 5.91 Å². The lowest BCUT2D eigenvalue weighted by Gasteiger charge is -2.34. The van der Waals surface area contributed by atoms with Gasteiger partial charge in [0.25, 0.3) is 0 Å². The molecule has 1 aliphatic heterocycles. The van der Waals surface area contributed by atoms with Crippen molar-refractivity contribution < 1.29 is 9.53 Å². The van der Waals surface area contributed by atoms with Crippen LogP contribution in [0.15, 0.2) is 0 Å². The van der Waals surface area contributed by atoms with E-state index in [1.165, 1.54) is 12.8 Å². The van der Waals surface area contributed by atoms with E-state index < -0.39 is 0 Å². The Labute approximate surface area is 97.5 Å². The van der Waals surface area contributed by atoms with Crippen molar-refractivity contribution in [3.05, 3.63) is 0 Å². The lowest BCUT2D eigenvalue weighted by atomic mass is 10.1. The van der Waals surface area contributed by atoms with Crippen molar-refractivity contribution in [2.75, 3.05) is 46.4 Å². The molecule has 0 atom stereocenters. The maximum absolute atomic E-state index is 11.6. The maximum Gasteiger partial charge on any atom is 0.236 e. The summed E-state index contributed by atoms with van der Waals surface area (Å²) in [6.45, 7) is 7.19. The van der Waals surface area contributed by atoms with Gasteiger partial charge >= 0.3 is 0 Å². The second-order valence-corrected chi connectivity index (χ2v) is 5.16. The number of rotatable bonds is 5. The summed E-state index contributed by atoms with van der Waals surface area (Å²) in [5.74, 6) is 0.249. The lowest BCUT2D eigenvalue weighted by Crippen LogP contribution is -2.50. The Morgan fingerprint density at radius 2 is 2.12 bits per heavy atom. The van der Waals surface area contributed by atoms with Gasteiger partial charge in [0.15, 0.2) is 0 Å². The Kier molecular flexibility index (Phi) is 3.50.